The summed E-state index contributed by atoms with van der Waals surface area (Å²) in [5.41, 5.74) is 1.32. The van der Waals surface area contributed by atoms with Crippen LogP contribution in [0.1, 0.15) is 17.7 Å². The van der Waals surface area contributed by atoms with Crippen LogP contribution in [0, 0.1) is 5.41 Å². The molecular weight excluding hydrogens is 228 g/mol. The molecule has 0 radical (unpaired) electrons. The fourth-order valence-corrected chi connectivity index (χ4v) is 2.92. The Balaban J connectivity index is 0.00000112. The molecule has 0 bridgehead atoms. The van der Waals surface area contributed by atoms with Crippen molar-refractivity contribution >= 4 is 29.3 Å². The second-order valence-electron chi connectivity index (χ2n) is 3.61. The van der Waals surface area contributed by atoms with Crippen molar-refractivity contribution in [2.45, 2.75) is 18.2 Å². The Bertz CT molecular complexity index is 342. The van der Waals surface area contributed by atoms with Gasteiger partial charge in [0.05, 0.1) is 5.25 Å². The molecule has 0 amide bonds. The maximum absolute atomic E-state index is 7.75. The molecule has 1 aliphatic heterocycles. The van der Waals surface area contributed by atoms with Gasteiger partial charge in [0.15, 0.2) is 5.17 Å². The summed E-state index contributed by atoms with van der Waals surface area (Å²) in [5, 5.41) is 8.84. The van der Waals surface area contributed by atoms with Crippen molar-refractivity contribution in [3.63, 3.8) is 0 Å². The lowest BCUT2D eigenvalue weighted by molar-refractivity contribution is 0.402. The van der Waals surface area contributed by atoms with E-state index in [9.17, 15) is 0 Å². The van der Waals surface area contributed by atoms with Crippen molar-refractivity contribution in [1.29, 1.82) is 5.41 Å². The maximum Gasteiger partial charge on any atom is 0.157 e. The first-order chi connectivity index (χ1) is 6.70. The van der Waals surface area contributed by atoms with Crippen LogP contribution in [-0.4, -0.2) is 23.2 Å². The molecule has 15 heavy (non-hydrogen) atoms. The molecular formula is C11H15ClN2S. The average molecular weight is 243 g/mol. The molecule has 2 atom stereocenters. The summed E-state index contributed by atoms with van der Waals surface area (Å²) in [5.74, 6) is 0. The van der Waals surface area contributed by atoms with E-state index in [1.165, 1.54) is 5.56 Å². The zero-order chi connectivity index (χ0) is 10.1. The average Bonchev–Trinajstić information content (AvgIpc) is 2.47. The molecule has 0 aliphatic carbocycles. The molecule has 1 aromatic rings. The van der Waals surface area contributed by atoms with Gasteiger partial charge in [-0.3, -0.25) is 5.41 Å². The van der Waals surface area contributed by atoms with Gasteiger partial charge in [-0.25, -0.2) is 0 Å². The van der Waals surface area contributed by atoms with Crippen molar-refractivity contribution in [2.75, 3.05) is 7.05 Å². The number of nitrogens with zero attached hydrogens (tertiary/aromatic N) is 1. The number of amidine groups is 1. The van der Waals surface area contributed by atoms with Crippen LogP contribution in [0.25, 0.3) is 0 Å². The van der Waals surface area contributed by atoms with Gasteiger partial charge >= 0.3 is 0 Å². The van der Waals surface area contributed by atoms with Gasteiger partial charge < -0.3 is 4.90 Å². The molecule has 1 N–H and O–H groups in total. The van der Waals surface area contributed by atoms with Gasteiger partial charge in [-0.05, 0) is 12.5 Å². The summed E-state index contributed by atoms with van der Waals surface area (Å²) in [6.45, 7) is 2.17. The van der Waals surface area contributed by atoms with Crippen LogP contribution in [0.2, 0.25) is 0 Å². The van der Waals surface area contributed by atoms with Gasteiger partial charge in [-0.2, -0.15) is 0 Å². The van der Waals surface area contributed by atoms with Crippen molar-refractivity contribution < 1.29 is 0 Å². The minimum atomic E-state index is 0. The standard InChI is InChI=1S/C11H14N2S.ClH/c1-8-10(14-11(12)13(8)2)9-6-4-3-5-7-9;/h3-8,10,12H,1-2H3;1H/t8-,10+;/m0./s1. The first kappa shape index (κ1) is 12.4. The molecule has 1 fully saturated rings. The van der Waals surface area contributed by atoms with Crippen molar-refractivity contribution in [3.8, 4) is 0 Å². The van der Waals surface area contributed by atoms with E-state index in [-0.39, 0.29) is 12.4 Å². The molecule has 2 nitrogen and oxygen atoms in total. The van der Waals surface area contributed by atoms with Crippen molar-refractivity contribution in [1.82, 2.24) is 4.90 Å². The smallest absolute Gasteiger partial charge is 0.157 e. The highest BCUT2D eigenvalue weighted by Gasteiger charge is 2.33. The Morgan fingerprint density at radius 3 is 2.33 bits per heavy atom. The van der Waals surface area contributed by atoms with E-state index in [1.54, 1.807) is 11.8 Å². The maximum atomic E-state index is 7.75. The predicted molar refractivity (Wildman–Crippen MR) is 69.0 cm³/mol. The second kappa shape index (κ2) is 4.90. The summed E-state index contributed by atoms with van der Waals surface area (Å²) in [7, 11) is 1.99. The van der Waals surface area contributed by atoms with Crippen LogP contribution in [-0.2, 0) is 0 Å². The summed E-state index contributed by atoms with van der Waals surface area (Å²) < 4.78 is 0. The third-order valence-electron chi connectivity index (χ3n) is 2.74. The number of benzene rings is 1. The lowest BCUT2D eigenvalue weighted by atomic mass is 10.1. The Hall–Kier alpha value is -0.670. The van der Waals surface area contributed by atoms with E-state index in [0.29, 0.717) is 16.5 Å². The number of rotatable bonds is 1. The molecule has 0 saturated carbocycles. The van der Waals surface area contributed by atoms with E-state index < -0.39 is 0 Å². The lowest BCUT2D eigenvalue weighted by Crippen LogP contribution is -2.27. The van der Waals surface area contributed by atoms with Gasteiger partial charge in [-0.15, -0.1) is 12.4 Å². The molecule has 0 unspecified atom stereocenters. The molecule has 4 heteroatoms. The molecule has 1 aliphatic rings. The van der Waals surface area contributed by atoms with Gasteiger partial charge in [0.2, 0.25) is 0 Å². The molecule has 0 aromatic heterocycles. The summed E-state index contributed by atoms with van der Waals surface area (Å²) in [6.07, 6.45) is 0. The minimum Gasteiger partial charge on any atom is -0.351 e. The fraction of sp³-hybridized carbons (Fsp3) is 0.364. The zero-order valence-corrected chi connectivity index (χ0v) is 10.4. The number of hydrogen-bond donors (Lipinski definition) is 1. The Labute approximate surface area is 101 Å². The topological polar surface area (TPSA) is 27.1 Å². The van der Waals surface area contributed by atoms with Crippen LogP contribution < -0.4 is 0 Å². The highest BCUT2D eigenvalue weighted by Crippen LogP contribution is 2.41. The van der Waals surface area contributed by atoms with Crippen LogP contribution in [0.3, 0.4) is 0 Å². The summed E-state index contributed by atoms with van der Waals surface area (Å²) in [4.78, 5) is 2.03. The third kappa shape index (κ3) is 2.29. The Morgan fingerprint density at radius 1 is 1.27 bits per heavy atom. The van der Waals surface area contributed by atoms with Gasteiger partial charge in [0.25, 0.3) is 0 Å². The van der Waals surface area contributed by atoms with Crippen LogP contribution in [0.4, 0.5) is 0 Å². The summed E-state index contributed by atoms with van der Waals surface area (Å²) >= 11 is 1.64. The zero-order valence-electron chi connectivity index (χ0n) is 8.81. The highest BCUT2D eigenvalue weighted by atomic mass is 35.5. The largest absolute Gasteiger partial charge is 0.351 e. The van der Waals surface area contributed by atoms with Gasteiger partial charge in [0, 0.05) is 13.1 Å². The first-order valence-corrected chi connectivity index (χ1v) is 5.61. The molecule has 1 aromatic carbocycles. The van der Waals surface area contributed by atoms with Crippen LogP contribution >= 0.6 is 24.2 Å². The number of halogens is 1. The Morgan fingerprint density at radius 2 is 1.87 bits per heavy atom. The van der Waals surface area contributed by atoms with Gasteiger partial charge in [0.1, 0.15) is 0 Å². The molecule has 1 saturated heterocycles. The summed E-state index contributed by atoms with van der Waals surface area (Å²) in [6, 6.07) is 10.8. The molecule has 82 valence electrons. The first-order valence-electron chi connectivity index (χ1n) is 4.73. The van der Waals surface area contributed by atoms with E-state index in [2.05, 4.69) is 31.2 Å². The number of thioether (sulfide) groups is 1. The second-order valence-corrected chi connectivity index (χ2v) is 4.74. The van der Waals surface area contributed by atoms with E-state index in [1.807, 2.05) is 18.0 Å². The highest BCUT2D eigenvalue weighted by molar-refractivity contribution is 8.14. The predicted octanol–water partition coefficient (Wildman–Crippen LogP) is 3.15. The third-order valence-corrected chi connectivity index (χ3v) is 4.17. The quantitative estimate of drug-likeness (QED) is 0.819. The molecule has 2 rings (SSSR count). The normalized spacial score (nSPS) is 25.2. The van der Waals surface area contributed by atoms with Gasteiger partial charge in [-0.1, -0.05) is 42.1 Å². The van der Waals surface area contributed by atoms with Crippen molar-refractivity contribution in [3.05, 3.63) is 35.9 Å². The lowest BCUT2D eigenvalue weighted by Gasteiger charge is -2.19. The van der Waals surface area contributed by atoms with E-state index >= 15 is 0 Å². The molecule has 1 heterocycles. The van der Waals surface area contributed by atoms with E-state index in [0.717, 1.165) is 0 Å². The van der Waals surface area contributed by atoms with Crippen LogP contribution in [0.5, 0.6) is 0 Å². The monoisotopic (exact) mass is 242 g/mol. The van der Waals surface area contributed by atoms with E-state index in [4.69, 9.17) is 5.41 Å². The minimum absolute atomic E-state index is 0. The van der Waals surface area contributed by atoms with Crippen LogP contribution in [0.15, 0.2) is 30.3 Å². The Kier molecular flexibility index (Phi) is 4.05. The SMILES string of the molecule is C[C@H]1[C@H](c2ccccc2)SC(=N)N1C.Cl. The fourth-order valence-electron chi connectivity index (χ4n) is 1.68. The number of hydrogen-bond acceptors (Lipinski definition) is 2. The van der Waals surface area contributed by atoms with Crippen molar-refractivity contribution in [2.24, 2.45) is 0 Å². The number of likely N-dealkylation sites (N-methyl/N-ethyl adjacent to an activating group) is 1. The molecule has 0 spiro atoms. The number of nitrogens with one attached hydrogen (secondary N) is 1.